The fraction of sp³-hybridized carbons (Fsp3) is 0.480. The molecule has 2 aliphatic rings. The van der Waals surface area contributed by atoms with E-state index in [1.54, 1.807) is 25.6 Å². The molecule has 4 nitrogen and oxygen atoms in total. The van der Waals surface area contributed by atoms with Gasteiger partial charge >= 0.3 is 0 Å². The summed E-state index contributed by atoms with van der Waals surface area (Å²) in [5, 5.41) is 2.86. The zero-order valence-corrected chi connectivity index (χ0v) is 18.5. The number of carbonyl (C=O) groups is 1. The van der Waals surface area contributed by atoms with Crippen LogP contribution in [-0.2, 0) is 10.2 Å². The molecule has 0 radical (unpaired) electrons. The first kappa shape index (κ1) is 20.8. The number of ketones is 1. The molecule has 0 amide bonds. The van der Waals surface area contributed by atoms with Gasteiger partial charge in [0, 0.05) is 29.9 Å². The summed E-state index contributed by atoms with van der Waals surface area (Å²) in [5.41, 5.74) is 1.70. The predicted molar refractivity (Wildman–Crippen MR) is 119 cm³/mol. The lowest BCUT2D eigenvalue weighted by Crippen LogP contribution is -2.30. The van der Waals surface area contributed by atoms with Crippen LogP contribution < -0.4 is 14.2 Å². The van der Waals surface area contributed by atoms with Crippen LogP contribution in [0.15, 0.2) is 29.6 Å². The summed E-state index contributed by atoms with van der Waals surface area (Å²) in [6.07, 6.45) is 7.45. The van der Waals surface area contributed by atoms with Gasteiger partial charge in [-0.05, 0) is 56.2 Å². The van der Waals surface area contributed by atoms with Gasteiger partial charge in [-0.25, -0.2) is 0 Å². The summed E-state index contributed by atoms with van der Waals surface area (Å²) in [7, 11) is 3.34. The molecule has 2 saturated carbocycles. The van der Waals surface area contributed by atoms with Crippen LogP contribution in [0, 0.1) is 11.8 Å². The first-order chi connectivity index (χ1) is 14.6. The topological polar surface area (TPSA) is 44.8 Å². The van der Waals surface area contributed by atoms with Crippen molar-refractivity contribution in [2.75, 3.05) is 14.2 Å². The minimum absolute atomic E-state index is 0.252. The third kappa shape index (κ3) is 4.49. The van der Waals surface area contributed by atoms with Crippen LogP contribution in [0.2, 0.25) is 0 Å². The Morgan fingerprint density at radius 3 is 2.47 bits per heavy atom. The van der Waals surface area contributed by atoms with Gasteiger partial charge in [0.25, 0.3) is 0 Å². The van der Waals surface area contributed by atoms with Gasteiger partial charge < -0.3 is 14.2 Å². The predicted octanol–water partition coefficient (Wildman–Crippen LogP) is 5.52. The summed E-state index contributed by atoms with van der Waals surface area (Å²) in [6, 6.07) is 8.12. The molecule has 5 heteroatoms. The lowest BCUT2D eigenvalue weighted by molar-refractivity contribution is -0.120. The van der Waals surface area contributed by atoms with Gasteiger partial charge in [-0.15, -0.1) is 11.3 Å². The molecule has 2 aliphatic carbocycles. The maximum absolute atomic E-state index is 12.0. The highest BCUT2D eigenvalue weighted by atomic mass is 32.1. The monoisotopic (exact) mass is 424 g/mol. The average Bonchev–Trinajstić information content (AvgIpc) is 3.45. The third-order valence-electron chi connectivity index (χ3n) is 6.20. The summed E-state index contributed by atoms with van der Waals surface area (Å²) in [4.78, 5) is 12.0. The molecule has 0 aliphatic heterocycles. The zero-order valence-electron chi connectivity index (χ0n) is 17.7. The average molecular weight is 425 g/mol. The molecule has 0 spiro atoms. The van der Waals surface area contributed by atoms with E-state index in [2.05, 4.69) is 24.0 Å². The van der Waals surface area contributed by atoms with E-state index in [-0.39, 0.29) is 11.5 Å². The van der Waals surface area contributed by atoms with Crippen molar-refractivity contribution >= 4 is 17.1 Å². The van der Waals surface area contributed by atoms with Crippen molar-refractivity contribution in [2.45, 2.75) is 62.9 Å². The Morgan fingerprint density at radius 2 is 1.80 bits per heavy atom. The fourth-order valence-electron chi connectivity index (χ4n) is 4.37. The normalized spacial score (nSPS) is 18.5. The van der Waals surface area contributed by atoms with E-state index in [4.69, 9.17) is 14.2 Å². The number of rotatable bonds is 5. The molecule has 0 saturated heterocycles. The second-order valence-corrected chi connectivity index (χ2v) is 8.99. The SMILES string of the molecule is COc1cc(C#CC2(c3ccc(OC)c(OC4CCCC4)c3)CCC(=O)CC2)cs1. The highest BCUT2D eigenvalue weighted by molar-refractivity contribution is 7.12. The largest absolute Gasteiger partial charge is 0.493 e. The van der Waals surface area contributed by atoms with Crippen molar-refractivity contribution in [3.05, 3.63) is 40.8 Å². The van der Waals surface area contributed by atoms with Gasteiger partial charge in [0.15, 0.2) is 16.6 Å². The van der Waals surface area contributed by atoms with Crippen molar-refractivity contribution in [2.24, 2.45) is 0 Å². The Morgan fingerprint density at radius 1 is 1.03 bits per heavy atom. The number of methoxy groups -OCH3 is 2. The first-order valence-electron chi connectivity index (χ1n) is 10.6. The van der Waals surface area contributed by atoms with Gasteiger partial charge in [-0.3, -0.25) is 4.79 Å². The third-order valence-corrected chi connectivity index (χ3v) is 7.08. The van der Waals surface area contributed by atoms with Gasteiger partial charge in [-0.1, -0.05) is 17.9 Å². The minimum Gasteiger partial charge on any atom is -0.493 e. The number of ether oxygens (including phenoxy) is 3. The second-order valence-electron chi connectivity index (χ2n) is 8.12. The fourth-order valence-corrected chi connectivity index (χ4v) is 5.04. The standard InChI is InChI=1S/C25H28O4S/c1-27-22-8-7-19(16-23(22)29-21-5-3-4-6-21)25(13-10-20(26)11-14-25)12-9-18-15-24(28-2)30-17-18/h7-8,15-17,21H,3-6,10-11,13-14H2,1-2H3. The number of hydrogen-bond acceptors (Lipinski definition) is 5. The number of Topliss-reactive ketones (excluding diaryl/α,β-unsaturated/α-hetero) is 1. The molecule has 0 bridgehead atoms. The van der Waals surface area contributed by atoms with Crippen LogP contribution >= 0.6 is 11.3 Å². The smallest absolute Gasteiger partial charge is 0.174 e. The summed E-state index contributed by atoms with van der Waals surface area (Å²) < 4.78 is 17.2. The van der Waals surface area contributed by atoms with Crippen molar-refractivity contribution in [1.29, 1.82) is 0 Å². The van der Waals surface area contributed by atoms with Crippen LogP contribution in [0.5, 0.6) is 16.6 Å². The van der Waals surface area contributed by atoms with E-state index >= 15 is 0 Å². The molecule has 2 aromatic rings. The molecule has 0 N–H and O–H groups in total. The van der Waals surface area contributed by atoms with E-state index in [1.165, 1.54) is 12.8 Å². The molecule has 4 rings (SSSR count). The first-order valence-corrected chi connectivity index (χ1v) is 11.5. The quantitative estimate of drug-likeness (QED) is 0.593. The van der Waals surface area contributed by atoms with Crippen LogP contribution in [0.4, 0.5) is 0 Å². The Kier molecular flexibility index (Phi) is 6.34. The van der Waals surface area contributed by atoms with Crippen molar-refractivity contribution in [3.8, 4) is 28.4 Å². The van der Waals surface area contributed by atoms with Gasteiger partial charge in [-0.2, -0.15) is 0 Å². The van der Waals surface area contributed by atoms with E-state index in [0.717, 1.165) is 53.4 Å². The number of hydrogen-bond donors (Lipinski definition) is 0. The Balaban J connectivity index is 1.69. The number of carbonyl (C=O) groups excluding carboxylic acids is 1. The van der Waals surface area contributed by atoms with Crippen LogP contribution in [0.1, 0.15) is 62.5 Å². The molecule has 1 heterocycles. The van der Waals surface area contributed by atoms with E-state index in [9.17, 15) is 4.79 Å². The Bertz CT molecular complexity index is 949. The van der Waals surface area contributed by atoms with E-state index < -0.39 is 0 Å². The zero-order chi connectivity index (χ0) is 21.0. The molecular formula is C25H28O4S. The van der Waals surface area contributed by atoms with Crippen LogP contribution in [0.3, 0.4) is 0 Å². The van der Waals surface area contributed by atoms with Crippen molar-refractivity contribution in [1.82, 2.24) is 0 Å². The molecule has 0 atom stereocenters. The lowest BCUT2D eigenvalue weighted by Gasteiger charge is -2.33. The Labute approximate surface area is 182 Å². The number of thiophene rings is 1. The maximum Gasteiger partial charge on any atom is 0.174 e. The van der Waals surface area contributed by atoms with Gasteiger partial charge in [0.05, 0.1) is 25.7 Å². The summed E-state index contributed by atoms with van der Waals surface area (Å²) in [5.74, 6) is 8.74. The Hall–Kier alpha value is -2.45. The molecular weight excluding hydrogens is 396 g/mol. The summed E-state index contributed by atoms with van der Waals surface area (Å²) in [6.45, 7) is 0. The van der Waals surface area contributed by atoms with Crippen LogP contribution in [-0.4, -0.2) is 26.1 Å². The van der Waals surface area contributed by atoms with Crippen molar-refractivity contribution in [3.63, 3.8) is 0 Å². The summed E-state index contributed by atoms with van der Waals surface area (Å²) >= 11 is 1.54. The molecule has 30 heavy (non-hydrogen) atoms. The van der Waals surface area contributed by atoms with Crippen LogP contribution in [0.25, 0.3) is 0 Å². The maximum atomic E-state index is 12.0. The van der Waals surface area contributed by atoms with Gasteiger partial charge in [0.2, 0.25) is 0 Å². The highest BCUT2D eigenvalue weighted by Crippen LogP contribution is 2.42. The molecule has 2 fully saturated rings. The molecule has 0 unspecified atom stereocenters. The minimum atomic E-state index is -0.358. The second kappa shape index (κ2) is 9.14. The lowest BCUT2D eigenvalue weighted by atomic mass is 9.69. The number of benzene rings is 1. The van der Waals surface area contributed by atoms with E-state index in [0.29, 0.717) is 18.6 Å². The van der Waals surface area contributed by atoms with E-state index in [1.807, 2.05) is 17.5 Å². The van der Waals surface area contributed by atoms with Gasteiger partial charge in [0.1, 0.15) is 5.78 Å². The highest BCUT2D eigenvalue weighted by Gasteiger charge is 2.36. The van der Waals surface area contributed by atoms with Crippen molar-refractivity contribution < 1.29 is 19.0 Å². The molecule has 1 aromatic heterocycles. The molecule has 158 valence electrons. The molecule has 1 aromatic carbocycles.